The van der Waals surface area contributed by atoms with Gasteiger partial charge in [0.1, 0.15) is 5.69 Å². The molecule has 1 aromatic heterocycles. The highest BCUT2D eigenvalue weighted by Gasteiger charge is 2.36. The van der Waals surface area contributed by atoms with Crippen molar-refractivity contribution < 1.29 is 0 Å². The Balaban J connectivity index is 1.63. The molecule has 3 heteroatoms. The largest absolute Gasteiger partial charge is 0.220 e. The normalized spacial score (nSPS) is 20.0. The van der Waals surface area contributed by atoms with Crippen molar-refractivity contribution >= 4 is 0 Å². The summed E-state index contributed by atoms with van der Waals surface area (Å²) in [4.78, 5) is 0. The summed E-state index contributed by atoms with van der Waals surface area (Å²) in [6.45, 7) is 2.28. The molecule has 0 aliphatic heterocycles. The van der Waals surface area contributed by atoms with Crippen LogP contribution < -0.4 is 0 Å². The van der Waals surface area contributed by atoms with E-state index in [4.69, 9.17) is 0 Å². The summed E-state index contributed by atoms with van der Waals surface area (Å²) in [6, 6.07) is 18.9. The Morgan fingerprint density at radius 3 is 2.73 bits per heavy atom. The monoisotopic (exact) mass is 289 g/mol. The zero-order chi connectivity index (χ0) is 14.9. The molecule has 1 fully saturated rings. The van der Waals surface area contributed by atoms with Gasteiger partial charge in [-0.05, 0) is 36.0 Å². The van der Waals surface area contributed by atoms with Crippen LogP contribution in [-0.4, -0.2) is 15.0 Å². The standard InChI is InChI=1S/C19H19N3/c1-2-14-12-18(14)16-9-6-10-17(11-16)22-13-19(20-21-22)15-7-4-3-5-8-15/h3-11,13-14,18H,2,12H2,1H3. The summed E-state index contributed by atoms with van der Waals surface area (Å²) in [5.41, 5.74) is 4.53. The average Bonchev–Trinajstić information content (AvgIpc) is 3.22. The minimum atomic E-state index is 0.738. The molecule has 2 atom stereocenters. The lowest BCUT2D eigenvalue weighted by atomic mass is 10.1. The SMILES string of the molecule is CCC1CC1c1cccc(-n2cc(-c3ccccc3)nn2)c1. The predicted octanol–water partition coefficient (Wildman–Crippen LogP) is 4.45. The van der Waals surface area contributed by atoms with Crippen molar-refractivity contribution in [3.05, 3.63) is 66.4 Å². The third-order valence-corrected chi connectivity index (χ3v) is 4.57. The Morgan fingerprint density at radius 1 is 1.09 bits per heavy atom. The molecule has 1 heterocycles. The van der Waals surface area contributed by atoms with Gasteiger partial charge in [0.05, 0.1) is 11.9 Å². The smallest absolute Gasteiger partial charge is 0.113 e. The van der Waals surface area contributed by atoms with Gasteiger partial charge in [0.2, 0.25) is 0 Å². The van der Waals surface area contributed by atoms with E-state index >= 15 is 0 Å². The number of rotatable bonds is 4. The van der Waals surface area contributed by atoms with Gasteiger partial charge in [-0.15, -0.1) is 5.10 Å². The van der Waals surface area contributed by atoms with Crippen LogP contribution in [0.2, 0.25) is 0 Å². The van der Waals surface area contributed by atoms with Gasteiger partial charge in [0.15, 0.2) is 0 Å². The molecule has 3 nitrogen and oxygen atoms in total. The van der Waals surface area contributed by atoms with Crippen molar-refractivity contribution in [3.8, 4) is 16.9 Å². The van der Waals surface area contributed by atoms with Crippen molar-refractivity contribution in [2.75, 3.05) is 0 Å². The molecule has 0 spiro atoms. The summed E-state index contributed by atoms with van der Waals surface area (Å²) < 4.78 is 1.87. The quantitative estimate of drug-likeness (QED) is 0.710. The fraction of sp³-hybridized carbons (Fsp3) is 0.263. The van der Waals surface area contributed by atoms with E-state index in [1.54, 1.807) is 0 Å². The first-order valence-electron chi connectivity index (χ1n) is 7.93. The van der Waals surface area contributed by atoms with E-state index in [0.717, 1.165) is 28.8 Å². The van der Waals surface area contributed by atoms with E-state index < -0.39 is 0 Å². The molecule has 0 radical (unpaired) electrons. The minimum Gasteiger partial charge on any atom is -0.220 e. The lowest BCUT2D eigenvalue weighted by Crippen LogP contribution is -1.96. The maximum absolute atomic E-state index is 4.30. The zero-order valence-electron chi connectivity index (χ0n) is 12.7. The molecule has 2 unspecified atom stereocenters. The van der Waals surface area contributed by atoms with Crippen LogP contribution in [0.3, 0.4) is 0 Å². The van der Waals surface area contributed by atoms with E-state index in [0.29, 0.717) is 0 Å². The Labute approximate surface area is 130 Å². The second-order valence-electron chi connectivity index (χ2n) is 6.02. The van der Waals surface area contributed by atoms with Gasteiger partial charge in [-0.1, -0.05) is 61.0 Å². The van der Waals surface area contributed by atoms with Crippen LogP contribution >= 0.6 is 0 Å². The van der Waals surface area contributed by atoms with Gasteiger partial charge in [0, 0.05) is 5.56 Å². The molecule has 0 saturated heterocycles. The molecule has 1 aliphatic carbocycles. The molecule has 0 amide bonds. The Bertz CT molecular complexity index is 776. The third-order valence-electron chi connectivity index (χ3n) is 4.57. The minimum absolute atomic E-state index is 0.738. The second kappa shape index (κ2) is 5.41. The van der Waals surface area contributed by atoms with Crippen LogP contribution in [0.4, 0.5) is 0 Å². The van der Waals surface area contributed by atoms with Gasteiger partial charge < -0.3 is 0 Å². The summed E-state index contributed by atoms with van der Waals surface area (Å²) in [6.07, 6.45) is 4.60. The number of aromatic nitrogens is 3. The fourth-order valence-electron chi connectivity index (χ4n) is 3.14. The van der Waals surface area contributed by atoms with Crippen molar-refractivity contribution in [1.29, 1.82) is 0 Å². The van der Waals surface area contributed by atoms with E-state index in [1.807, 2.05) is 29.1 Å². The van der Waals surface area contributed by atoms with Gasteiger partial charge in [-0.25, -0.2) is 4.68 Å². The fourth-order valence-corrected chi connectivity index (χ4v) is 3.14. The van der Waals surface area contributed by atoms with Crippen molar-refractivity contribution in [1.82, 2.24) is 15.0 Å². The highest BCUT2D eigenvalue weighted by Crippen LogP contribution is 2.49. The number of hydrogen-bond donors (Lipinski definition) is 0. The first-order valence-corrected chi connectivity index (χ1v) is 7.93. The van der Waals surface area contributed by atoms with Crippen LogP contribution in [0, 0.1) is 5.92 Å². The molecule has 3 aromatic rings. The van der Waals surface area contributed by atoms with E-state index in [-0.39, 0.29) is 0 Å². The molecular formula is C19H19N3. The maximum atomic E-state index is 4.30. The zero-order valence-corrected chi connectivity index (χ0v) is 12.7. The molecule has 2 aromatic carbocycles. The molecule has 1 aliphatic rings. The first kappa shape index (κ1) is 13.3. The van der Waals surface area contributed by atoms with Gasteiger partial charge in [0.25, 0.3) is 0 Å². The summed E-state index contributed by atoms with van der Waals surface area (Å²) >= 11 is 0. The van der Waals surface area contributed by atoms with Crippen molar-refractivity contribution in [2.45, 2.75) is 25.7 Å². The molecule has 1 saturated carbocycles. The van der Waals surface area contributed by atoms with Crippen LogP contribution in [-0.2, 0) is 0 Å². The topological polar surface area (TPSA) is 30.7 Å². The predicted molar refractivity (Wildman–Crippen MR) is 87.9 cm³/mol. The summed E-state index contributed by atoms with van der Waals surface area (Å²) in [5, 5.41) is 8.59. The first-order chi connectivity index (χ1) is 10.8. The Morgan fingerprint density at radius 2 is 1.95 bits per heavy atom. The van der Waals surface area contributed by atoms with Crippen LogP contribution in [0.15, 0.2) is 60.8 Å². The number of benzene rings is 2. The maximum Gasteiger partial charge on any atom is 0.113 e. The molecule has 0 bridgehead atoms. The lowest BCUT2D eigenvalue weighted by molar-refractivity contribution is 0.763. The third kappa shape index (κ3) is 2.43. The molecule has 110 valence electrons. The molecule has 0 N–H and O–H groups in total. The van der Waals surface area contributed by atoms with E-state index in [2.05, 4.69) is 53.6 Å². The van der Waals surface area contributed by atoms with Crippen molar-refractivity contribution in [2.24, 2.45) is 5.92 Å². The second-order valence-corrected chi connectivity index (χ2v) is 6.02. The van der Waals surface area contributed by atoms with Crippen LogP contribution in [0.25, 0.3) is 16.9 Å². The van der Waals surface area contributed by atoms with Crippen LogP contribution in [0.5, 0.6) is 0 Å². The number of nitrogens with zero attached hydrogens (tertiary/aromatic N) is 3. The molecule has 4 rings (SSSR count). The Hall–Kier alpha value is -2.42. The van der Waals surface area contributed by atoms with Gasteiger partial charge in [-0.3, -0.25) is 0 Å². The lowest BCUT2D eigenvalue weighted by Gasteiger charge is -2.04. The van der Waals surface area contributed by atoms with Gasteiger partial charge in [-0.2, -0.15) is 0 Å². The average molecular weight is 289 g/mol. The summed E-state index contributed by atoms with van der Waals surface area (Å²) in [7, 11) is 0. The van der Waals surface area contributed by atoms with Gasteiger partial charge >= 0.3 is 0 Å². The molecular weight excluding hydrogens is 270 g/mol. The highest BCUT2D eigenvalue weighted by molar-refractivity contribution is 5.57. The van der Waals surface area contributed by atoms with E-state index in [9.17, 15) is 0 Å². The summed E-state index contributed by atoms with van der Waals surface area (Å²) in [5.74, 6) is 1.60. The molecule has 22 heavy (non-hydrogen) atoms. The van der Waals surface area contributed by atoms with Crippen LogP contribution in [0.1, 0.15) is 31.2 Å². The Kier molecular flexibility index (Phi) is 3.26. The highest BCUT2D eigenvalue weighted by atomic mass is 15.4. The van der Waals surface area contributed by atoms with Crippen molar-refractivity contribution in [3.63, 3.8) is 0 Å². The van der Waals surface area contributed by atoms with E-state index in [1.165, 1.54) is 18.4 Å². The number of hydrogen-bond acceptors (Lipinski definition) is 2.